The molecule has 0 saturated heterocycles. The SMILES string of the molecule is Cc1nn(CC(=O)Nc2ccc(-c3ccccc3)cc2)c(C)c1Br. The molecule has 0 fully saturated rings. The van der Waals surface area contributed by atoms with Crippen molar-refractivity contribution in [3.8, 4) is 11.1 Å². The first-order chi connectivity index (χ1) is 11.5. The molecule has 0 bridgehead atoms. The molecule has 24 heavy (non-hydrogen) atoms. The number of hydrogen-bond acceptors (Lipinski definition) is 2. The average Bonchev–Trinajstić information content (AvgIpc) is 2.83. The van der Waals surface area contributed by atoms with Gasteiger partial charge in [-0.05, 0) is 53.0 Å². The molecule has 122 valence electrons. The fraction of sp³-hybridized carbons (Fsp3) is 0.158. The third kappa shape index (κ3) is 3.57. The lowest BCUT2D eigenvalue weighted by Gasteiger charge is -2.08. The van der Waals surface area contributed by atoms with Gasteiger partial charge in [-0.25, -0.2) is 0 Å². The van der Waals surface area contributed by atoms with E-state index in [1.54, 1.807) is 4.68 Å². The van der Waals surface area contributed by atoms with Gasteiger partial charge in [0.1, 0.15) is 6.54 Å². The summed E-state index contributed by atoms with van der Waals surface area (Å²) in [6.07, 6.45) is 0. The van der Waals surface area contributed by atoms with E-state index in [2.05, 4.69) is 38.5 Å². The lowest BCUT2D eigenvalue weighted by Crippen LogP contribution is -2.20. The van der Waals surface area contributed by atoms with Gasteiger partial charge in [0.2, 0.25) is 5.91 Å². The zero-order chi connectivity index (χ0) is 17.1. The Hall–Kier alpha value is -2.40. The van der Waals surface area contributed by atoms with Crippen molar-refractivity contribution in [2.45, 2.75) is 20.4 Å². The van der Waals surface area contributed by atoms with Crippen molar-refractivity contribution >= 4 is 27.5 Å². The Morgan fingerprint density at radius 2 is 1.67 bits per heavy atom. The van der Waals surface area contributed by atoms with Crippen molar-refractivity contribution in [2.24, 2.45) is 0 Å². The maximum atomic E-state index is 12.2. The number of nitrogens with zero attached hydrogens (tertiary/aromatic N) is 2. The van der Waals surface area contributed by atoms with Gasteiger partial charge in [-0.3, -0.25) is 9.48 Å². The van der Waals surface area contributed by atoms with Crippen LogP contribution in [0.1, 0.15) is 11.4 Å². The predicted octanol–water partition coefficient (Wildman–Crippen LogP) is 4.57. The van der Waals surface area contributed by atoms with Gasteiger partial charge < -0.3 is 5.32 Å². The number of nitrogens with one attached hydrogen (secondary N) is 1. The summed E-state index contributed by atoms with van der Waals surface area (Å²) < 4.78 is 2.65. The van der Waals surface area contributed by atoms with Crippen LogP contribution in [0.15, 0.2) is 59.1 Å². The summed E-state index contributed by atoms with van der Waals surface area (Å²) in [5.74, 6) is -0.0967. The molecule has 0 aliphatic heterocycles. The Morgan fingerprint density at radius 3 is 2.25 bits per heavy atom. The first-order valence-electron chi connectivity index (χ1n) is 7.69. The second kappa shape index (κ2) is 7.01. The number of carbonyl (C=O) groups is 1. The van der Waals surface area contributed by atoms with E-state index in [1.807, 2.05) is 56.3 Å². The van der Waals surface area contributed by atoms with E-state index in [0.29, 0.717) is 0 Å². The van der Waals surface area contributed by atoms with Crippen LogP contribution >= 0.6 is 15.9 Å². The van der Waals surface area contributed by atoms with Gasteiger partial charge in [0.05, 0.1) is 15.9 Å². The quantitative estimate of drug-likeness (QED) is 0.717. The molecule has 0 aliphatic carbocycles. The first kappa shape index (κ1) is 16.5. The molecular weight excluding hydrogens is 366 g/mol. The molecule has 0 radical (unpaired) electrons. The molecule has 1 heterocycles. The van der Waals surface area contributed by atoms with Crippen molar-refractivity contribution in [2.75, 3.05) is 5.32 Å². The van der Waals surface area contributed by atoms with Gasteiger partial charge in [-0.2, -0.15) is 5.10 Å². The van der Waals surface area contributed by atoms with E-state index < -0.39 is 0 Å². The van der Waals surface area contributed by atoms with Gasteiger partial charge in [0.15, 0.2) is 0 Å². The zero-order valence-corrected chi connectivity index (χ0v) is 15.2. The Bertz CT molecular complexity index is 854. The molecular formula is C19H18BrN3O. The molecule has 0 aliphatic rings. The largest absolute Gasteiger partial charge is 0.324 e. The smallest absolute Gasteiger partial charge is 0.246 e. The van der Waals surface area contributed by atoms with Crippen LogP contribution in [0.4, 0.5) is 5.69 Å². The van der Waals surface area contributed by atoms with E-state index in [0.717, 1.165) is 32.7 Å². The maximum absolute atomic E-state index is 12.2. The molecule has 3 rings (SSSR count). The highest BCUT2D eigenvalue weighted by molar-refractivity contribution is 9.10. The number of amides is 1. The fourth-order valence-electron chi connectivity index (χ4n) is 2.54. The lowest BCUT2D eigenvalue weighted by atomic mass is 10.1. The number of aromatic nitrogens is 2. The van der Waals surface area contributed by atoms with Crippen LogP contribution in [0.25, 0.3) is 11.1 Å². The highest BCUT2D eigenvalue weighted by Crippen LogP contribution is 2.22. The van der Waals surface area contributed by atoms with E-state index in [1.165, 1.54) is 0 Å². The summed E-state index contributed by atoms with van der Waals surface area (Å²) in [7, 11) is 0. The van der Waals surface area contributed by atoms with Crippen LogP contribution < -0.4 is 5.32 Å². The molecule has 0 unspecified atom stereocenters. The minimum absolute atomic E-state index is 0.0967. The second-order valence-electron chi connectivity index (χ2n) is 5.63. The van der Waals surface area contributed by atoms with Gasteiger partial charge >= 0.3 is 0 Å². The Kier molecular flexibility index (Phi) is 4.81. The summed E-state index contributed by atoms with van der Waals surface area (Å²) in [5, 5.41) is 7.26. The Balaban J connectivity index is 1.67. The lowest BCUT2D eigenvalue weighted by molar-refractivity contribution is -0.116. The van der Waals surface area contributed by atoms with Crippen LogP contribution in [0, 0.1) is 13.8 Å². The van der Waals surface area contributed by atoms with E-state index in [4.69, 9.17) is 0 Å². The molecule has 0 spiro atoms. The number of anilines is 1. The van der Waals surface area contributed by atoms with Gasteiger partial charge in [-0.15, -0.1) is 0 Å². The van der Waals surface area contributed by atoms with E-state index in [9.17, 15) is 4.79 Å². The van der Waals surface area contributed by atoms with Gasteiger partial charge in [0.25, 0.3) is 0 Å². The molecule has 1 amide bonds. The van der Waals surface area contributed by atoms with E-state index >= 15 is 0 Å². The van der Waals surface area contributed by atoms with Crippen LogP contribution in [-0.4, -0.2) is 15.7 Å². The first-order valence-corrected chi connectivity index (χ1v) is 8.49. The van der Waals surface area contributed by atoms with Crippen LogP contribution in [0.3, 0.4) is 0 Å². The number of halogens is 1. The Morgan fingerprint density at radius 1 is 1.04 bits per heavy atom. The monoisotopic (exact) mass is 383 g/mol. The van der Waals surface area contributed by atoms with Gasteiger partial charge in [-0.1, -0.05) is 42.5 Å². The normalized spacial score (nSPS) is 10.6. The van der Waals surface area contributed by atoms with Crippen molar-refractivity contribution in [3.05, 3.63) is 70.5 Å². The summed E-state index contributed by atoms with van der Waals surface area (Å²) in [6, 6.07) is 18.0. The topological polar surface area (TPSA) is 46.9 Å². The maximum Gasteiger partial charge on any atom is 0.246 e. The number of benzene rings is 2. The molecule has 5 heteroatoms. The minimum atomic E-state index is -0.0967. The number of rotatable bonds is 4. The Labute approximate surface area is 149 Å². The summed E-state index contributed by atoms with van der Waals surface area (Å²) in [4.78, 5) is 12.2. The van der Waals surface area contributed by atoms with E-state index in [-0.39, 0.29) is 12.5 Å². The molecule has 0 saturated carbocycles. The predicted molar refractivity (Wildman–Crippen MR) is 99.9 cm³/mol. The third-order valence-electron chi connectivity index (χ3n) is 3.86. The number of aryl methyl sites for hydroxylation is 1. The highest BCUT2D eigenvalue weighted by atomic mass is 79.9. The van der Waals surface area contributed by atoms with Crippen LogP contribution in [-0.2, 0) is 11.3 Å². The molecule has 3 aromatic rings. The molecule has 2 aromatic carbocycles. The van der Waals surface area contributed by atoms with Crippen molar-refractivity contribution < 1.29 is 4.79 Å². The fourth-order valence-corrected chi connectivity index (χ4v) is 2.83. The number of carbonyl (C=O) groups excluding carboxylic acids is 1. The zero-order valence-electron chi connectivity index (χ0n) is 13.6. The van der Waals surface area contributed by atoms with Gasteiger partial charge in [0, 0.05) is 5.69 Å². The summed E-state index contributed by atoms with van der Waals surface area (Å²) in [5.41, 5.74) is 4.88. The standard InChI is InChI=1S/C19H18BrN3O/c1-13-19(20)14(2)23(22-13)12-18(24)21-17-10-8-16(9-11-17)15-6-4-3-5-7-15/h3-11H,12H2,1-2H3,(H,21,24). The average molecular weight is 384 g/mol. The molecule has 1 N–H and O–H groups in total. The van der Waals surface area contributed by atoms with Crippen molar-refractivity contribution in [3.63, 3.8) is 0 Å². The van der Waals surface area contributed by atoms with Crippen molar-refractivity contribution in [1.29, 1.82) is 0 Å². The van der Waals surface area contributed by atoms with Crippen molar-refractivity contribution in [1.82, 2.24) is 9.78 Å². The highest BCUT2D eigenvalue weighted by Gasteiger charge is 2.12. The molecule has 1 aromatic heterocycles. The number of hydrogen-bond donors (Lipinski definition) is 1. The third-order valence-corrected chi connectivity index (χ3v) is 5.01. The molecule has 0 atom stereocenters. The minimum Gasteiger partial charge on any atom is -0.324 e. The summed E-state index contributed by atoms with van der Waals surface area (Å²) in [6.45, 7) is 4.04. The molecule has 4 nitrogen and oxygen atoms in total. The second-order valence-corrected chi connectivity index (χ2v) is 6.43. The van der Waals surface area contributed by atoms with Crippen LogP contribution in [0.2, 0.25) is 0 Å². The van der Waals surface area contributed by atoms with Crippen LogP contribution in [0.5, 0.6) is 0 Å². The summed E-state index contributed by atoms with van der Waals surface area (Å²) >= 11 is 3.47.